The molecular formula is C6H7N2O. The lowest BCUT2D eigenvalue weighted by Crippen LogP contribution is -1.92. The minimum Gasteiger partial charge on any atom is -0.385 e. The molecule has 0 aromatic carbocycles. The molecule has 0 saturated heterocycles. The van der Waals surface area contributed by atoms with Gasteiger partial charge < -0.3 is 9.67 Å². The van der Waals surface area contributed by atoms with Crippen molar-refractivity contribution in [3.63, 3.8) is 0 Å². The Hall–Kier alpha value is -0.830. The number of fused-ring (bicyclic) bond motifs is 1. The van der Waals surface area contributed by atoms with Gasteiger partial charge >= 0.3 is 0 Å². The molecule has 1 radical (unpaired) electrons. The molecule has 1 atom stereocenters. The van der Waals surface area contributed by atoms with Crippen LogP contribution in [-0.2, 0) is 0 Å². The molecule has 0 aliphatic carbocycles. The van der Waals surface area contributed by atoms with E-state index in [1.807, 2.05) is 17.3 Å². The second-order valence-electron chi connectivity index (χ2n) is 2.13. The van der Waals surface area contributed by atoms with E-state index in [-0.39, 0.29) is 6.10 Å². The highest BCUT2D eigenvalue weighted by atomic mass is 16.3. The molecule has 0 amide bonds. The van der Waals surface area contributed by atoms with Gasteiger partial charge in [0.15, 0.2) is 0 Å². The van der Waals surface area contributed by atoms with E-state index in [9.17, 15) is 0 Å². The molecule has 0 bridgehead atoms. The van der Waals surface area contributed by atoms with Crippen LogP contribution in [0.15, 0.2) is 12.4 Å². The fourth-order valence-corrected chi connectivity index (χ4v) is 1.06. The summed E-state index contributed by atoms with van der Waals surface area (Å²) in [5.74, 6) is 0.759. The third-order valence-electron chi connectivity index (χ3n) is 1.52. The Bertz CT molecular complexity index is 219. The average molecular weight is 123 g/mol. The number of aliphatic hydroxyl groups excluding tert-OH is 1. The summed E-state index contributed by atoms with van der Waals surface area (Å²) in [5, 5.41) is 9.16. The van der Waals surface area contributed by atoms with Crippen LogP contribution in [0.25, 0.3) is 0 Å². The lowest BCUT2D eigenvalue weighted by atomic mass is 10.3. The molecule has 0 saturated carbocycles. The Labute approximate surface area is 53.0 Å². The SMILES string of the molecule is OC1C[CH]n2ccnc21. The van der Waals surface area contributed by atoms with E-state index < -0.39 is 0 Å². The van der Waals surface area contributed by atoms with Crippen LogP contribution in [0.3, 0.4) is 0 Å². The maximum Gasteiger partial charge on any atom is 0.138 e. The highest BCUT2D eigenvalue weighted by Crippen LogP contribution is 2.23. The van der Waals surface area contributed by atoms with Crippen LogP contribution in [-0.4, -0.2) is 14.7 Å². The fraction of sp³-hybridized carbons (Fsp3) is 0.333. The number of aliphatic hydroxyl groups is 1. The zero-order valence-corrected chi connectivity index (χ0v) is 4.86. The predicted octanol–water partition coefficient (Wildman–Crippen LogP) is 0.330. The van der Waals surface area contributed by atoms with E-state index >= 15 is 0 Å². The first kappa shape index (κ1) is 4.99. The monoisotopic (exact) mass is 123 g/mol. The van der Waals surface area contributed by atoms with Gasteiger partial charge in [0.2, 0.25) is 0 Å². The van der Waals surface area contributed by atoms with Crippen LogP contribution in [0.1, 0.15) is 18.3 Å². The topological polar surface area (TPSA) is 38.0 Å². The van der Waals surface area contributed by atoms with Gasteiger partial charge in [-0.05, 0) is 0 Å². The highest BCUT2D eigenvalue weighted by Gasteiger charge is 2.20. The minimum atomic E-state index is -0.375. The van der Waals surface area contributed by atoms with Gasteiger partial charge in [-0.2, -0.15) is 0 Å². The Morgan fingerprint density at radius 2 is 2.67 bits per heavy atom. The van der Waals surface area contributed by atoms with Crippen LogP contribution in [0, 0.1) is 6.54 Å². The normalized spacial score (nSPS) is 24.3. The summed E-state index contributed by atoms with van der Waals surface area (Å²) in [7, 11) is 0. The molecule has 1 unspecified atom stereocenters. The van der Waals surface area contributed by atoms with E-state index in [2.05, 4.69) is 4.98 Å². The van der Waals surface area contributed by atoms with Crippen LogP contribution in [0.5, 0.6) is 0 Å². The Balaban J connectivity index is 2.49. The first-order valence-corrected chi connectivity index (χ1v) is 2.92. The number of imidazole rings is 1. The van der Waals surface area contributed by atoms with Crippen molar-refractivity contribution in [1.82, 2.24) is 9.55 Å². The molecule has 3 heteroatoms. The van der Waals surface area contributed by atoms with Crippen molar-refractivity contribution in [3.05, 3.63) is 24.8 Å². The summed E-state index contributed by atoms with van der Waals surface area (Å²) in [4.78, 5) is 3.96. The molecule has 9 heavy (non-hydrogen) atoms. The second-order valence-corrected chi connectivity index (χ2v) is 2.13. The number of hydrogen-bond donors (Lipinski definition) is 1. The first-order valence-electron chi connectivity index (χ1n) is 2.92. The van der Waals surface area contributed by atoms with Gasteiger partial charge in [-0.15, -0.1) is 0 Å². The van der Waals surface area contributed by atoms with Crippen molar-refractivity contribution in [1.29, 1.82) is 0 Å². The molecule has 47 valence electrons. The molecule has 2 heterocycles. The minimum absolute atomic E-state index is 0.375. The Morgan fingerprint density at radius 1 is 1.78 bits per heavy atom. The summed E-state index contributed by atoms with van der Waals surface area (Å²) in [5.41, 5.74) is 0. The zero-order valence-electron chi connectivity index (χ0n) is 4.86. The van der Waals surface area contributed by atoms with E-state index in [1.54, 1.807) is 6.20 Å². The standard InChI is InChI=1S/C6H7N2O/c9-5-1-3-8-4-2-7-6(5)8/h2-5,9H,1H2. The summed E-state index contributed by atoms with van der Waals surface area (Å²) in [6.45, 7) is 1.92. The molecule has 0 fully saturated rings. The third kappa shape index (κ3) is 0.580. The lowest BCUT2D eigenvalue weighted by molar-refractivity contribution is 0.181. The summed E-state index contributed by atoms with van der Waals surface area (Å²) >= 11 is 0. The molecule has 1 aliphatic rings. The van der Waals surface area contributed by atoms with Crippen LogP contribution in [0.2, 0.25) is 0 Å². The second kappa shape index (κ2) is 1.57. The molecule has 1 aromatic heterocycles. The van der Waals surface area contributed by atoms with Gasteiger partial charge in [0.25, 0.3) is 0 Å². The van der Waals surface area contributed by atoms with Crippen molar-refractivity contribution in [3.8, 4) is 0 Å². The predicted molar refractivity (Wildman–Crippen MR) is 31.5 cm³/mol. The van der Waals surface area contributed by atoms with Gasteiger partial charge in [0, 0.05) is 18.8 Å². The third-order valence-corrected chi connectivity index (χ3v) is 1.52. The van der Waals surface area contributed by atoms with E-state index in [0.29, 0.717) is 6.42 Å². The maximum atomic E-state index is 9.16. The van der Waals surface area contributed by atoms with Crippen LogP contribution >= 0.6 is 0 Å². The average Bonchev–Trinajstić information content (AvgIpc) is 2.35. The number of hydrogen-bond acceptors (Lipinski definition) is 2. The van der Waals surface area contributed by atoms with Crippen molar-refractivity contribution < 1.29 is 5.11 Å². The Kier molecular flexibility index (Phi) is 0.873. The van der Waals surface area contributed by atoms with Gasteiger partial charge in [-0.3, -0.25) is 0 Å². The van der Waals surface area contributed by atoms with Crippen molar-refractivity contribution >= 4 is 0 Å². The summed E-state index contributed by atoms with van der Waals surface area (Å²) in [6, 6.07) is 0. The van der Waals surface area contributed by atoms with E-state index in [0.717, 1.165) is 5.82 Å². The summed E-state index contributed by atoms with van der Waals surface area (Å²) in [6.07, 6.45) is 3.85. The number of nitrogens with zero attached hydrogens (tertiary/aromatic N) is 2. The number of aromatic nitrogens is 2. The summed E-state index contributed by atoms with van der Waals surface area (Å²) < 4.78 is 1.85. The molecule has 0 spiro atoms. The smallest absolute Gasteiger partial charge is 0.138 e. The van der Waals surface area contributed by atoms with E-state index in [4.69, 9.17) is 5.11 Å². The zero-order chi connectivity index (χ0) is 6.27. The van der Waals surface area contributed by atoms with Crippen molar-refractivity contribution in [2.75, 3.05) is 0 Å². The molecular weight excluding hydrogens is 116 g/mol. The molecule has 1 aliphatic heterocycles. The van der Waals surface area contributed by atoms with Crippen LogP contribution < -0.4 is 0 Å². The largest absolute Gasteiger partial charge is 0.385 e. The molecule has 3 nitrogen and oxygen atoms in total. The van der Waals surface area contributed by atoms with Crippen molar-refractivity contribution in [2.24, 2.45) is 0 Å². The molecule has 2 rings (SSSR count). The molecule has 1 N–H and O–H groups in total. The van der Waals surface area contributed by atoms with E-state index in [1.165, 1.54) is 0 Å². The fourth-order valence-electron chi connectivity index (χ4n) is 1.06. The van der Waals surface area contributed by atoms with Gasteiger partial charge in [0.05, 0.1) is 6.54 Å². The maximum absolute atomic E-state index is 9.16. The van der Waals surface area contributed by atoms with Crippen molar-refractivity contribution in [2.45, 2.75) is 12.5 Å². The lowest BCUT2D eigenvalue weighted by Gasteiger charge is -1.93. The number of rotatable bonds is 0. The Morgan fingerprint density at radius 3 is 3.44 bits per heavy atom. The van der Waals surface area contributed by atoms with Crippen LogP contribution in [0.4, 0.5) is 0 Å². The van der Waals surface area contributed by atoms with Gasteiger partial charge in [-0.25, -0.2) is 4.98 Å². The quantitative estimate of drug-likeness (QED) is 0.539. The van der Waals surface area contributed by atoms with Gasteiger partial charge in [-0.1, -0.05) is 0 Å². The first-order chi connectivity index (χ1) is 4.38. The highest BCUT2D eigenvalue weighted by molar-refractivity contribution is 5.07. The molecule has 1 aromatic rings. The van der Waals surface area contributed by atoms with Gasteiger partial charge in [0.1, 0.15) is 11.9 Å².